The second kappa shape index (κ2) is 11.2. The molecule has 0 aliphatic heterocycles. The molecular formula is C19H21F2O3W-. The van der Waals surface area contributed by atoms with E-state index in [4.69, 9.17) is 14.6 Å². The maximum absolute atomic E-state index is 12.1. The summed E-state index contributed by atoms with van der Waals surface area (Å²) in [7, 11) is 0. The summed E-state index contributed by atoms with van der Waals surface area (Å²) in [4.78, 5) is 0. The Hall–Kier alpha value is -1.45. The van der Waals surface area contributed by atoms with Crippen LogP contribution in [0.3, 0.4) is 0 Å². The molecule has 136 valence electrons. The van der Waals surface area contributed by atoms with E-state index in [0.717, 1.165) is 17.5 Å². The molecule has 6 heteroatoms. The smallest absolute Gasteiger partial charge is 0.241 e. The first kappa shape index (κ1) is 21.6. The third kappa shape index (κ3) is 8.46. The molecule has 0 spiro atoms. The Bertz CT molecular complexity index is 601. The van der Waals surface area contributed by atoms with Crippen LogP contribution in [-0.2, 0) is 27.5 Å². The van der Waals surface area contributed by atoms with Gasteiger partial charge in [0.2, 0.25) is 6.43 Å². The number of rotatable bonds is 9. The van der Waals surface area contributed by atoms with Crippen molar-refractivity contribution < 1.29 is 44.4 Å². The number of alkyl halides is 2. The predicted octanol–water partition coefficient (Wildman–Crippen LogP) is 3.88. The predicted molar refractivity (Wildman–Crippen MR) is 88.7 cm³/mol. The van der Waals surface area contributed by atoms with E-state index in [0.29, 0.717) is 11.5 Å². The number of hydrogen-bond acceptors (Lipinski definition) is 3. The molecule has 2 aromatic rings. The molecule has 1 unspecified atom stereocenters. The van der Waals surface area contributed by atoms with E-state index in [9.17, 15) is 8.78 Å². The third-order valence-corrected chi connectivity index (χ3v) is 3.30. The first-order valence-electron chi connectivity index (χ1n) is 7.75. The maximum atomic E-state index is 12.1. The fraction of sp³-hybridized carbons (Fsp3) is 0.316. The van der Waals surface area contributed by atoms with E-state index in [1.54, 1.807) is 12.1 Å². The van der Waals surface area contributed by atoms with Crippen LogP contribution in [0.2, 0.25) is 0 Å². The van der Waals surface area contributed by atoms with Crippen LogP contribution in [0.15, 0.2) is 48.5 Å². The van der Waals surface area contributed by atoms with Crippen LogP contribution in [-0.4, -0.2) is 30.8 Å². The van der Waals surface area contributed by atoms with Crippen LogP contribution in [0, 0.1) is 6.92 Å². The zero-order valence-corrected chi connectivity index (χ0v) is 16.7. The Morgan fingerprint density at radius 3 is 1.80 bits per heavy atom. The fourth-order valence-corrected chi connectivity index (χ4v) is 2.10. The number of hydrogen-bond donors (Lipinski definition) is 1. The Labute approximate surface area is 161 Å². The summed E-state index contributed by atoms with van der Waals surface area (Å²) in [5.41, 5.74) is 2.21. The molecule has 0 saturated heterocycles. The molecule has 0 aromatic heterocycles. The second-order valence-corrected chi connectivity index (χ2v) is 5.46. The fourth-order valence-electron chi connectivity index (χ4n) is 2.10. The first-order chi connectivity index (χ1) is 11.5. The minimum Gasteiger partial charge on any atom is -0.494 e. The Morgan fingerprint density at radius 1 is 0.880 bits per heavy atom. The van der Waals surface area contributed by atoms with Gasteiger partial charge in [0.15, 0.2) is 0 Å². The van der Waals surface area contributed by atoms with E-state index >= 15 is 0 Å². The topological polar surface area (TPSA) is 38.7 Å². The molecule has 3 nitrogen and oxygen atoms in total. The standard InChI is InChI=1S/C19H21F2O3.W/c1-14(22)13-24-18-8-4-16(5-9-18)12-15-2-6-17(7-3-15)23-11-10-19(20)21;/h2-9,14,19,22H,1,10-13H2;/q-1;. The number of halogens is 2. The third-order valence-electron chi connectivity index (χ3n) is 3.30. The van der Waals surface area contributed by atoms with Crippen LogP contribution >= 0.6 is 0 Å². The van der Waals surface area contributed by atoms with Gasteiger partial charge in [0.25, 0.3) is 0 Å². The number of aliphatic hydroxyl groups excluding tert-OH is 1. The molecule has 0 aliphatic carbocycles. The van der Waals surface area contributed by atoms with Crippen molar-refractivity contribution >= 4 is 0 Å². The van der Waals surface area contributed by atoms with E-state index in [2.05, 4.69) is 6.92 Å². The van der Waals surface area contributed by atoms with Crippen molar-refractivity contribution in [3.63, 3.8) is 0 Å². The zero-order chi connectivity index (χ0) is 17.4. The van der Waals surface area contributed by atoms with Crippen molar-refractivity contribution in [3.05, 3.63) is 66.6 Å². The molecule has 25 heavy (non-hydrogen) atoms. The molecule has 0 radical (unpaired) electrons. The van der Waals surface area contributed by atoms with Crippen molar-refractivity contribution in [2.24, 2.45) is 0 Å². The second-order valence-electron chi connectivity index (χ2n) is 5.46. The molecule has 0 amide bonds. The van der Waals surface area contributed by atoms with Gasteiger partial charge in [0.05, 0.1) is 13.2 Å². The monoisotopic (exact) mass is 519 g/mol. The summed E-state index contributed by atoms with van der Waals surface area (Å²) in [6.45, 7) is 3.62. The normalized spacial score (nSPS) is 11.7. The molecule has 0 bridgehead atoms. The number of ether oxygens (including phenoxy) is 2. The average molecular weight is 519 g/mol. The van der Waals surface area contributed by atoms with Gasteiger partial charge in [0, 0.05) is 27.5 Å². The Morgan fingerprint density at radius 2 is 1.36 bits per heavy atom. The quantitative estimate of drug-likeness (QED) is 0.512. The van der Waals surface area contributed by atoms with E-state index in [-0.39, 0.29) is 40.7 Å². The van der Waals surface area contributed by atoms with E-state index in [1.807, 2.05) is 36.4 Å². The van der Waals surface area contributed by atoms with Gasteiger partial charge in [-0.2, -0.15) is 0 Å². The molecule has 2 rings (SSSR count). The number of aliphatic hydroxyl groups is 1. The molecule has 0 fully saturated rings. The summed E-state index contributed by atoms with van der Waals surface area (Å²) in [5.74, 6) is 1.28. The SMILES string of the molecule is [CH2-]C(O)COc1ccc(Cc2ccc(OCCC(F)F)cc2)cc1.[W]. The van der Waals surface area contributed by atoms with Crippen LogP contribution < -0.4 is 9.47 Å². The Kier molecular flexibility index (Phi) is 9.69. The Balaban J connectivity index is 0.00000312. The summed E-state index contributed by atoms with van der Waals surface area (Å²) in [6, 6.07) is 15.0. The molecule has 0 heterocycles. The first-order valence-corrected chi connectivity index (χ1v) is 7.75. The van der Waals surface area contributed by atoms with Gasteiger partial charge in [-0.3, -0.25) is 0 Å². The summed E-state index contributed by atoms with van der Waals surface area (Å²) in [6.07, 6.45) is -2.60. The van der Waals surface area contributed by atoms with Gasteiger partial charge >= 0.3 is 0 Å². The maximum Gasteiger partial charge on any atom is 0.241 e. The van der Waals surface area contributed by atoms with Gasteiger partial charge < -0.3 is 21.5 Å². The largest absolute Gasteiger partial charge is 0.494 e. The van der Waals surface area contributed by atoms with Gasteiger partial charge in [-0.25, -0.2) is 8.78 Å². The number of benzene rings is 2. The minimum atomic E-state index is -2.34. The van der Waals surface area contributed by atoms with E-state index in [1.165, 1.54) is 0 Å². The van der Waals surface area contributed by atoms with Gasteiger partial charge in [-0.05, 0) is 47.9 Å². The summed E-state index contributed by atoms with van der Waals surface area (Å²) in [5, 5.41) is 9.08. The van der Waals surface area contributed by atoms with Crippen LogP contribution in [0.5, 0.6) is 11.5 Å². The van der Waals surface area contributed by atoms with Crippen molar-refractivity contribution in [1.82, 2.24) is 0 Å². The summed E-state index contributed by atoms with van der Waals surface area (Å²) >= 11 is 0. The van der Waals surface area contributed by atoms with Gasteiger partial charge in [-0.1, -0.05) is 24.3 Å². The van der Waals surface area contributed by atoms with E-state index < -0.39 is 12.5 Å². The van der Waals surface area contributed by atoms with Crippen LogP contribution in [0.1, 0.15) is 17.5 Å². The molecule has 1 N–H and O–H groups in total. The average Bonchev–Trinajstić information content (AvgIpc) is 2.55. The molecule has 0 saturated carbocycles. The van der Waals surface area contributed by atoms with Gasteiger partial charge in [-0.15, -0.1) is 0 Å². The van der Waals surface area contributed by atoms with Crippen molar-refractivity contribution in [3.8, 4) is 11.5 Å². The van der Waals surface area contributed by atoms with Crippen LogP contribution in [0.25, 0.3) is 0 Å². The van der Waals surface area contributed by atoms with Gasteiger partial charge in [0.1, 0.15) is 11.5 Å². The minimum absolute atomic E-state index is 0. The van der Waals surface area contributed by atoms with Crippen molar-refractivity contribution in [1.29, 1.82) is 0 Å². The molecule has 1 atom stereocenters. The molecule has 0 aliphatic rings. The summed E-state index contributed by atoms with van der Waals surface area (Å²) < 4.78 is 34.7. The zero-order valence-electron chi connectivity index (χ0n) is 13.7. The molecular weight excluding hydrogens is 498 g/mol. The van der Waals surface area contributed by atoms with Crippen molar-refractivity contribution in [2.75, 3.05) is 13.2 Å². The molecule has 2 aromatic carbocycles. The van der Waals surface area contributed by atoms with Crippen LogP contribution in [0.4, 0.5) is 8.78 Å². The van der Waals surface area contributed by atoms with Crippen molar-refractivity contribution in [2.45, 2.75) is 25.4 Å².